The number of carbonyl (C=O) groups is 1. The van der Waals surface area contributed by atoms with Crippen LogP contribution in [0, 0.1) is 0 Å². The highest BCUT2D eigenvalue weighted by Gasteiger charge is 2.08. The lowest BCUT2D eigenvalue weighted by Gasteiger charge is -2.07. The molecule has 4 aromatic rings. The second-order valence-electron chi connectivity index (χ2n) is 5.90. The number of hydrogen-bond donors (Lipinski definition) is 1. The lowest BCUT2D eigenvalue weighted by Crippen LogP contribution is -2.11. The van der Waals surface area contributed by atoms with Crippen LogP contribution >= 0.6 is 0 Å². The Morgan fingerprint density at radius 3 is 2.27 bits per heavy atom. The normalized spacial score (nSPS) is 10.6. The van der Waals surface area contributed by atoms with E-state index in [1.807, 2.05) is 42.5 Å². The number of nitrogens with one attached hydrogen (secondary N) is 1. The highest BCUT2D eigenvalue weighted by atomic mass is 16.4. The van der Waals surface area contributed by atoms with Gasteiger partial charge in [-0.05, 0) is 47.5 Å². The van der Waals surface area contributed by atoms with E-state index in [4.69, 9.17) is 4.42 Å². The van der Waals surface area contributed by atoms with Gasteiger partial charge >= 0.3 is 5.63 Å². The third-order valence-corrected chi connectivity index (χ3v) is 4.13. The van der Waals surface area contributed by atoms with Crippen LogP contribution in [0.1, 0.15) is 10.4 Å². The van der Waals surface area contributed by atoms with Crippen LogP contribution in [-0.4, -0.2) is 5.91 Å². The zero-order chi connectivity index (χ0) is 17.9. The maximum absolute atomic E-state index is 12.5. The number of amides is 1. The molecular weight excluding hydrogens is 326 g/mol. The molecule has 0 bridgehead atoms. The fraction of sp³-hybridized carbons (Fsp3) is 0. The standard InChI is InChI=1S/C22H15NO3/c24-21-13-10-18-14-19(11-12-20(18)26-21)23-22(25)17-8-6-16(7-9-17)15-4-2-1-3-5-15/h1-14H,(H,23,25). The Morgan fingerprint density at radius 1 is 0.769 bits per heavy atom. The topological polar surface area (TPSA) is 59.3 Å². The molecule has 0 fully saturated rings. The molecule has 0 aliphatic carbocycles. The van der Waals surface area contributed by atoms with Crippen LogP contribution in [0.3, 0.4) is 0 Å². The van der Waals surface area contributed by atoms with Crippen molar-refractivity contribution in [1.82, 2.24) is 0 Å². The van der Waals surface area contributed by atoms with Crippen LogP contribution in [0.15, 0.2) is 94.1 Å². The Balaban J connectivity index is 1.54. The number of fused-ring (bicyclic) bond motifs is 1. The summed E-state index contributed by atoms with van der Waals surface area (Å²) in [5, 5.41) is 3.62. The summed E-state index contributed by atoms with van der Waals surface area (Å²) in [6.45, 7) is 0. The van der Waals surface area contributed by atoms with Gasteiger partial charge in [0.2, 0.25) is 0 Å². The van der Waals surface area contributed by atoms with Crippen molar-refractivity contribution in [2.24, 2.45) is 0 Å². The van der Waals surface area contributed by atoms with Gasteiger partial charge in [0.15, 0.2) is 0 Å². The first-order valence-electron chi connectivity index (χ1n) is 8.20. The van der Waals surface area contributed by atoms with Gasteiger partial charge in [-0.15, -0.1) is 0 Å². The van der Waals surface area contributed by atoms with Gasteiger partial charge in [-0.3, -0.25) is 4.79 Å². The maximum Gasteiger partial charge on any atom is 0.336 e. The average molecular weight is 341 g/mol. The van der Waals surface area contributed by atoms with Crippen molar-refractivity contribution in [2.45, 2.75) is 0 Å². The van der Waals surface area contributed by atoms with Crippen molar-refractivity contribution in [3.05, 3.63) is 101 Å². The van der Waals surface area contributed by atoms with Crippen molar-refractivity contribution in [3.8, 4) is 11.1 Å². The van der Waals surface area contributed by atoms with E-state index in [0.29, 0.717) is 16.8 Å². The van der Waals surface area contributed by atoms with Gasteiger partial charge < -0.3 is 9.73 Å². The minimum absolute atomic E-state index is 0.193. The summed E-state index contributed by atoms with van der Waals surface area (Å²) in [5.41, 5.74) is 3.47. The molecule has 1 N–H and O–H groups in total. The molecule has 3 aromatic carbocycles. The van der Waals surface area contributed by atoms with Gasteiger partial charge in [0.05, 0.1) is 0 Å². The molecule has 1 heterocycles. The molecule has 0 saturated carbocycles. The molecule has 4 heteroatoms. The van der Waals surface area contributed by atoms with E-state index in [2.05, 4.69) is 5.32 Å². The molecule has 0 unspecified atom stereocenters. The Labute approximate surface area is 149 Å². The van der Waals surface area contributed by atoms with Crippen molar-refractivity contribution in [3.63, 3.8) is 0 Å². The molecule has 0 spiro atoms. The summed E-state index contributed by atoms with van der Waals surface area (Å²) in [6, 6.07) is 25.7. The van der Waals surface area contributed by atoms with Crippen LogP contribution in [0.2, 0.25) is 0 Å². The molecule has 1 amide bonds. The zero-order valence-electron chi connectivity index (χ0n) is 13.8. The van der Waals surface area contributed by atoms with Crippen LogP contribution in [0.4, 0.5) is 5.69 Å². The summed E-state index contributed by atoms with van der Waals surface area (Å²) in [6.07, 6.45) is 0. The second kappa shape index (κ2) is 6.69. The van der Waals surface area contributed by atoms with Gasteiger partial charge in [-0.2, -0.15) is 0 Å². The second-order valence-corrected chi connectivity index (χ2v) is 5.90. The average Bonchev–Trinajstić information content (AvgIpc) is 2.69. The molecule has 0 radical (unpaired) electrons. The number of hydrogen-bond acceptors (Lipinski definition) is 3. The number of benzene rings is 3. The van der Waals surface area contributed by atoms with Crippen LogP contribution in [0.25, 0.3) is 22.1 Å². The van der Waals surface area contributed by atoms with Crippen LogP contribution in [-0.2, 0) is 0 Å². The van der Waals surface area contributed by atoms with E-state index >= 15 is 0 Å². The third kappa shape index (κ3) is 3.26. The minimum Gasteiger partial charge on any atom is -0.423 e. The molecule has 4 rings (SSSR count). The predicted molar refractivity (Wildman–Crippen MR) is 102 cm³/mol. The Hall–Kier alpha value is -3.66. The fourth-order valence-corrected chi connectivity index (χ4v) is 2.80. The molecule has 4 nitrogen and oxygen atoms in total. The Kier molecular flexibility index (Phi) is 4.07. The van der Waals surface area contributed by atoms with Crippen LogP contribution < -0.4 is 10.9 Å². The molecule has 126 valence electrons. The van der Waals surface area contributed by atoms with Crippen molar-refractivity contribution in [2.75, 3.05) is 5.32 Å². The Morgan fingerprint density at radius 2 is 1.50 bits per heavy atom. The quantitative estimate of drug-likeness (QED) is 0.549. The van der Waals surface area contributed by atoms with Crippen molar-refractivity contribution >= 4 is 22.6 Å². The van der Waals surface area contributed by atoms with E-state index in [0.717, 1.165) is 16.5 Å². The third-order valence-electron chi connectivity index (χ3n) is 4.13. The van der Waals surface area contributed by atoms with Crippen LogP contribution in [0.5, 0.6) is 0 Å². The summed E-state index contributed by atoms with van der Waals surface area (Å²) in [5.74, 6) is -0.193. The molecule has 0 atom stereocenters. The summed E-state index contributed by atoms with van der Waals surface area (Å²) < 4.78 is 5.09. The van der Waals surface area contributed by atoms with E-state index < -0.39 is 5.63 Å². The predicted octanol–water partition coefficient (Wildman–Crippen LogP) is 4.71. The lowest BCUT2D eigenvalue weighted by molar-refractivity contribution is 0.102. The zero-order valence-corrected chi connectivity index (χ0v) is 13.8. The van der Waals surface area contributed by atoms with E-state index in [-0.39, 0.29) is 5.91 Å². The number of anilines is 1. The number of carbonyl (C=O) groups excluding carboxylic acids is 1. The Bertz CT molecular complexity index is 1130. The molecular formula is C22H15NO3. The fourth-order valence-electron chi connectivity index (χ4n) is 2.80. The highest BCUT2D eigenvalue weighted by Crippen LogP contribution is 2.21. The SMILES string of the molecule is O=C(Nc1ccc2oc(=O)ccc2c1)c1ccc(-c2ccccc2)cc1. The molecule has 0 aliphatic heterocycles. The highest BCUT2D eigenvalue weighted by molar-refractivity contribution is 6.05. The van der Waals surface area contributed by atoms with Gasteiger partial charge in [0.25, 0.3) is 5.91 Å². The van der Waals surface area contributed by atoms with Gasteiger partial charge in [0, 0.05) is 22.7 Å². The smallest absolute Gasteiger partial charge is 0.336 e. The monoisotopic (exact) mass is 341 g/mol. The first-order valence-corrected chi connectivity index (χ1v) is 8.20. The molecule has 1 aromatic heterocycles. The summed E-state index contributed by atoms with van der Waals surface area (Å²) in [4.78, 5) is 23.7. The van der Waals surface area contributed by atoms with E-state index in [1.165, 1.54) is 6.07 Å². The summed E-state index contributed by atoms with van der Waals surface area (Å²) >= 11 is 0. The molecule has 0 aliphatic rings. The van der Waals surface area contributed by atoms with Gasteiger partial charge in [-0.25, -0.2) is 4.79 Å². The first-order chi connectivity index (χ1) is 12.7. The van der Waals surface area contributed by atoms with Crippen molar-refractivity contribution < 1.29 is 9.21 Å². The largest absolute Gasteiger partial charge is 0.423 e. The number of rotatable bonds is 3. The maximum atomic E-state index is 12.5. The van der Waals surface area contributed by atoms with E-state index in [9.17, 15) is 9.59 Å². The first kappa shape index (κ1) is 15.8. The summed E-state index contributed by atoms with van der Waals surface area (Å²) in [7, 11) is 0. The minimum atomic E-state index is -0.396. The molecule has 26 heavy (non-hydrogen) atoms. The van der Waals surface area contributed by atoms with Gasteiger partial charge in [-0.1, -0.05) is 42.5 Å². The van der Waals surface area contributed by atoms with Gasteiger partial charge in [0.1, 0.15) is 5.58 Å². The lowest BCUT2D eigenvalue weighted by atomic mass is 10.0. The van der Waals surface area contributed by atoms with Crippen molar-refractivity contribution in [1.29, 1.82) is 0 Å². The van der Waals surface area contributed by atoms with E-state index in [1.54, 1.807) is 36.4 Å². The molecule has 0 saturated heterocycles.